The van der Waals surface area contributed by atoms with E-state index in [0.717, 1.165) is 41.7 Å². The van der Waals surface area contributed by atoms with Crippen LogP contribution in [0.1, 0.15) is 31.5 Å². The summed E-state index contributed by atoms with van der Waals surface area (Å²) >= 11 is 2.79. The first-order valence-corrected chi connectivity index (χ1v) is 12.7. The molecule has 0 atom stereocenters. The van der Waals surface area contributed by atoms with Crippen LogP contribution in [0, 0.1) is 0 Å². The topological polar surface area (TPSA) is 111 Å². The Kier molecular flexibility index (Phi) is 6.91. The monoisotopic (exact) mass is 508 g/mol. The van der Waals surface area contributed by atoms with E-state index in [-0.39, 0.29) is 11.8 Å². The van der Waals surface area contributed by atoms with Gasteiger partial charge in [-0.25, -0.2) is 15.0 Å². The van der Waals surface area contributed by atoms with Gasteiger partial charge in [0.15, 0.2) is 17.3 Å². The number of aryl methyl sites for hydroxylation is 1. The van der Waals surface area contributed by atoms with Gasteiger partial charge < -0.3 is 15.0 Å². The van der Waals surface area contributed by atoms with Crippen LogP contribution in [0.3, 0.4) is 0 Å². The molecular weight excluding hydrogens is 484 g/mol. The van der Waals surface area contributed by atoms with Gasteiger partial charge in [-0.1, -0.05) is 17.8 Å². The maximum atomic E-state index is 11.6. The van der Waals surface area contributed by atoms with Crippen molar-refractivity contribution in [1.29, 1.82) is 0 Å². The van der Waals surface area contributed by atoms with Crippen LogP contribution in [0.25, 0.3) is 0 Å². The van der Waals surface area contributed by atoms with Gasteiger partial charge in [-0.2, -0.15) is 9.47 Å². The van der Waals surface area contributed by atoms with Crippen molar-refractivity contribution < 1.29 is 9.53 Å². The van der Waals surface area contributed by atoms with E-state index in [1.54, 1.807) is 36.4 Å². The zero-order valence-electron chi connectivity index (χ0n) is 19.3. The van der Waals surface area contributed by atoms with E-state index in [9.17, 15) is 4.79 Å². The molecule has 1 amide bonds. The Morgan fingerprint density at radius 3 is 2.80 bits per heavy atom. The molecule has 5 rings (SSSR count). The summed E-state index contributed by atoms with van der Waals surface area (Å²) in [5, 5.41) is 8.96. The molecule has 4 aromatic heterocycles. The van der Waals surface area contributed by atoms with E-state index in [1.165, 1.54) is 23.3 Å². The highest BCUT2D eigenvalue weighted by Crippen LogP contribution is 2.36. The van der Waals surface area contributed by atoms with E-state index in [2.05, 4.69) is 24.8 Å². The summed E-state index contributed by atoms with van der Waals surface area (Å²) in [4.78, 5) is 28.0. The third kappa shape index (κ3) is 5.77. The van der Waals surface area contributed by atoms with Crippen LogP contribution >= 0.6 is 23.3 Å². The molecule has 1 fully saturated rings. The average molecular weight is 509 g/mol. The second-order valence-electron chi connectivity index (χ2n) is 8.10. The fourth-order valence-corrected chi connectivity index (χ4v) is 5.19. The minimum Gasteiger partial charge on any atom is -0.450 e. The minimum atomic E-state index is 0.119. The van der Waals surface area contributed by atoms with Crippen LogP contribution in [-0.2, 0) is 11.8 Å². The van der Waals surface area contributed by atoms with Crippen LogP contribution in [-0.4, -0.2) is 53.0 Å². The van der Waals surface area contributed by atoms with Gasteiger partial charge in [0.25, 0.3) is 0 Å². The standard InChI is InChI=1S/C23H24N8O2S2/c1-15(32)31-9-6-16(7-10-31)21-27-23(35-29-21)28-22-19(33-17-12-26-30(2)14-17)11-18(13-25-22)34-20-5-3-4-8-24-20/h3-5,8,11-14,16H,6-7,9-10H2,1-2H3,(H,25,27,28,29). The predicted molar refractivity (Wildman–Crippen MR) is 133 cm³/mol. The summed E-state index contributed by atoms with van der Waals surface area (Å²) in [6.07, 6.45) is 8.70. The molecule has 0 radical (unpaired) electrons. The molecule has 5 heterocycles. The number of nitrogens with one attached hydrogen (secondary N) is 1. The second kappa shape index (κ2) is 10.4. The van der Waals surface area contributed by atoms with Crippen molar-refractivity contribution in [3.05, 3.63) is 54.9 Å². The summed E-state index contributed by atoms with van der Waals surface area (Å²) in [5.41, 5.74) is 0. The molecule has 0 unspecified atom stereocenters. The molecule has 12 heteroatoms. The highest BCUT2D eigenvalue weighted by molar-refractivity contribution is 7.99. The Hall–Kier alpha value is -3.51. The molecule has 0 spiro atoms. The summed E-state index contributed by atoms with van der Waals surface area (Å²) in [7, 11) is 1.83. The van der Waals surface area contributed by atoms with Crippen LogP contribution in [0.2, 0.25) is 0 Å². The molecule has 10 nitrogen and oxygen atoms in total. The number of carbonyl (C=O) groups is 1. The van der Waals surface area contributed by atoms with Gasteiger partial charge in [0.2, 0.25) is 11.0 Å². The number of anilines is 2. The van der Waals surface area contributed by atoms with Crippen molar-refractivity contribution in [2.75, 3.05) is 18.4 Å². The lowest BCUT2D eigenvalue weighted by Gasteiger charge is -2.29. The maximum absolute atomic E-state index is 11.6. The molecule has 0 bridgehead atoms. The first-order valence-electron chi connectivity index (χ1n) is 11.1. The molecule has 0 aromatic carbocycles. The maximum Gasteiger partial charge on any atom is 0.219 e. The molecule has 1 aliphatic rings. The molecular formula is C23H24N8O2S2. The number of likely N-dealkylation sites (tertiary alicyclic amines) is 1. The Balaban J connectivity index is 1.34. The largest absolute Gasteiger partial charge is 0.450 e. The Labute approximate surface area is 210 Å². The van der Waals surface area contributed by atoms with Gasteiger partial charge in [-0.05, 0) is 25.0 Å². The number of ether oxygens (including phenoxy) is 1. The van der Waals surface area contributed by atoms with Crippen molar-refractivity contribution in [2.24, 2.45) is 7.05 Å². The number of pyridine rings is 2. The van der Waals surface area contributed by atoms with Gasteiger partial charge in [0.1, 0.15) is 10.9 Å². The lowest BCUT2D eigenvalue weighted by atomic mass is 9.96. The molecule has 180 valence electrons. The Morgan fingerprint density at radius 1 is 1.23 bits per heavy atom. The molecule has 1 aliphatic heterocycles. The first kappa shape index (κ1) is 23.2. The fourth-order valence-electron chi connectivity index (χ4n) is 3.77. The third-order valence-electron chi connectivity index (χ3n) is 5.57. The van der Waals surface area contributed by atoms with Crippen LogP contribution in [0.4, 0.5) is 10.9 Å². The normalized spacial score (nSPS) is 14.2. The van der Waals surface area contributed by atoms with Gasteiger partial charge in [0, 0.05) is 67.9 Å². The smallest absolute Gasteiger partial charge is 0.219 e. The van der Waals surface area contributed by atoms with Gasteiger partial charge in [-0.15, -0.1) is 0 Å². The molecule has 0 saturated carbocycles. The van der Waals surface area contributed by atoms with Crippen molar-refractivity contribution in [3.8, 4) is 11.5 Å². The number of amides is 1. The lowest BCUT2D eigenvalue weighted by molar-refractivity contribution is -0.129. The molecule has 0 aliphatic carbocycles. The van der Waals surface area contributed by atoms with Crippen molar-refractivity contribution >= 4 is 40.2 Å². The average Bonchev–Trinajstić information content (AvgIpc) is 3.50. The van der Waals surface area contributed by atoms with E-state index < -0.39 is 0 Å². The number of nitrogens with zero attached hydrogens (tertiary/aromatic N) is 7. The highest BCUT2D eigenvalue weighted by Gasteiger charge is 2.25. The zero-order chi connectivity index (χ0) is 24.2. The van der Waals surface area contributed by atoms with Gasteiger partial charge in [0.05, 0.1) is 12.4 Å². The van der Waals surface area contributed by atoms with E-state index in [0.29, 0.717) is 22.4 Å². The summed E-state index contributed by atoms with van der Waals surface area (Å²) < 4.78 is 12.4. The van der Waals surface area contributed by atoms with Gasteiger partial charge in [-0.3, -0.25) is 9.48 Å². The van der Waals surface area contributed by atoms with Crippen molar-refractivity contribution in [1.82, 2.24) is 34.0 Å². The van der Waals surface area contributed by atoms with Crippen molar-refractivity contribution in [2.45, 2.75) is 35.6 Å². The molecule has 1 saturated heterocycles. The third-order valence-corrected chi connectivity index (χ3v) is 7.12. The highest BCUT2D eigenvalue weighted by atomic mass is 32.2. The Morgan fingerprint density at radius 2 is 2.09 bits per heavy atom. The summed E-state index contributed by atoms with van der Waals surface area (Å²) in [6.45, 7) is 3.09. The summed E-state index contributed by atoms with van der Waals surface area (Å²) in [5.74, 6) is 2.85. The van der Waals surface area contributed by atoms with Crippen LogP contribution in [0.15, 0.2) is 59.0 Å². The predicted octanol–water partition coefficient (Wildman–Crippen LogP) is 4.47. The van der Waals surface area contributed by atoms with E-state index in [4.69, 9.17) is 9.72 Å². The number of aromatic nitrogens is 6. The Bertz CT molecular complexity index is 1300. The second-order valence-corrected chi connectivity index (χ2v) is 9.95. The van der Waals surface area contributed by atoms with E-state index >= 15 is 0 Å². The van der Waals surface area contributed by atoms with E-state index in [1.807, 2.05) is 36.2 Å². The summed E-state index contributed by atoms with van der Waals surface area (Å²) in [6, 6.07) is 7.70. The number of piperidine rings is 1. The minimum absolute atomic E-state index is 0.119. The molecule has 35 heavy (non-hydrogen) atoms. The van der Waals surface area contributed by atoms with Gasteiger partial charge >= 0.3 is 0 Å². The number of rotatable bonds is 7. The first-order chi connectivity index (χ1) is 17.0. The van der Waals surface area contributed by atoms with Crippen LogP contribution in [0.5, 0.6) is 11.5 Å². The number of hydrogen-bond acceptors (Lipinski definition) is 10. The number of hydrogen-bond donors (Lipinski definition) is 1. The zero-order valence-corrected chi connectivity index (χ0v) is 20.9. The fraction of sp³-hybridized carbons (Fsp3) is 0.304. The molecule has 4 aromatic rings. The number of carbonyl (C=O) groups excluding carboxylic acids is 1. The SMILES string of the molecule is CC(=O)N1CCC(c2nsc(Nc3ncc(Sc4ccccn4)cc3Oc3cnn(C)c3)n2)CC1. The lowest BCUT2D eigenvalue weighted by Crippen LogP contribution is -2.36. The van der Waals surface area contributed by atoms with Crippen LogP contribution < -0.4 is 10.1 Å². The van der Waals surface area contributed by atoms with Crippen molar-refractivity contribution in [3.63, 3.8) is 0 Å². The molecule has 1 N–H and O–H groups in total. The quantitative estimate of drug-likeness (QED) is 0.386.